The Morgan fingerprint density at radius 1 is 1.23 bits per heavy atom. The molecule has 0 aromatic rings. The van der Waals surface area contributed by atoms with Crippen LogP contribution >= 0.6 is 22.6 Å². The monoisotopic (exact) mass is 294 g/mol. The highest BCUT2D eigenvalue weighted by molar-refractivity contribution is 14.1. The van der Waals surface area contributed by atoms with Crippen LogP contribution in [0.1, 0.15) is 19.3 Å². The molecule has 2 aliphatic carbocycles. The van der Waals surface area contributed by atoms with Crippen molar-refractivity contribution in [3.8, 4) is 0 Å². The lowest BCUT2D eigenvalue weighted by atomic mass is 9.98. The SMILES string of the molecule is IC1CC2CC1CC2OCC1CO1. The van der Waals surface area contributed by atoms with E-state index >= 15 is 0 Å². The summed E-state index contributed by atoms with van der Waals surface area (Å²) in [6.07, 6.45) is 5.13. The van der Waals surface area contributed by atoms with Crippen molar-refractivity contribution in [1.29, 1.82) is 0 Å². The van der Waals surface area contributed by atoms with Crippen LogP contribution in [0.2, 0.25) is 0 Å². The molecule has 0 radical (unpaired) electrons. The second-order valence-corrected chi connectivity index (χ2v) is 6.17. The maximum atomic E-state index is 5.88. The van der Waals surface area contributed by atoms with Crippen molar-refractivity contribution in [2.75, 3.05) is 13.2 Å². The van der Waals surface area contributed by atoms with Crippen LogP contribution in [0.25, 0.3) is 0 Å². The zero-order valence-corrected chi connectivity index (χ0v) is 9.77. The Hall–Kier alpha value is 0.650. The first kappa shape index (κ1) is 8.92. The minimum Gasteiger partial charge on any atom is -0.375 e. The Labute approximate surface area is 92.5 Å². The first-order valence-corrected chi connectivity index (χ1v) is 6.45. The number of hydrogen-bond acceptors (Lipinski definition) is 2. The zero-order valence-electron chi connectivity index (χ0n) is 7.62. The molecule has 3 heteroatoms. The topological polar surface area (TPSA) is 21.8 Å². The lowest BCUT2D eigenvalue weighted by Gasteiger charge is -2.24. The van der Waals surface area contributed by atoms with E-state index in [1.54, 1.807) is 0 Å². The van der Waals surface area contributed by atoms with E-state index in [4.69, 9.17) is 9.47 Å². The first-order chi connectivity index (χ1) is 6.33. The molecule has 0 aromatic carbocycles. The van der Waals surface area contributed by atoms with E-state index in [9.17, 15) is 0 Å². The second-order valence-electron chi connectivity index (χ2n) is 4.57. The summed E-state index contributed by atoms with van der Waals surface area (Å²) in [4.78, 5) is 0. The normalized spacial score (nSPS) is 52.8. The minimum absolute atomic E-state index is 0.439. The van der Waals surface area contributed by atoms with Crippen LogP contribution in [0.4, 0.5) is 0 Å². The van der Waals surface area contributed by atoms with Gasteiger partial charge in [-0.2, -0.15) is 0 Å². The molecule has 1 saturated heterocycles. The molecule has 0 spiro atoms. The average molecular weight is 294 g/mol. The van der Waals surface area contributed by atoms with E-state index in [1.807, 2.05) is 0 Å². The van der Waals surface area contributed by atoms with Gasteiger partial charge in [-0.05, 0) is 31.1 Å². The van der Waals surface area contributed by atoms with Crippen molar-refractivity contribution in [2.45, 2.75) is 35.4 Å². The highest BCUT2D eigenvalue weighted by Gasteiger charge is 2.45. The summed E-state index contributed by atoms with van der Waals surface area (Å²) in [5.41, 5.74) is 0. The number of ether oxygens (including phenoxy) is 2. The summed E-state index contributed by atoms with van der Waals surface area (Å²) in [5.74, 6) is 1.82. The van der Waals surface area contributed by atoms with Crippen LogP contribution in [0.15, 0.2) is 0 Å². The van der Waals surface area contributed by atoms with Crippen molar-refractivity contribution < 1.29 is 9.47 Å². The van der Waals surface area contributed by atoms with E-state index in [-0.39, 0.29) is 0 Å². The zero-order chi connectivity index (χ0) is 8.84. The van der Waals surface area contributed by atoms with Crippen molar-refractivity contribution in [1.82, 2.24) is 0 Å². The largest absolute Gasteiger partial charge is 0.375 e. The molecule has 3 fully saturated rings. The van der Waals surface area contributed by atoms with Gasteiger partial charge in [0.25, 0.3) is 0 Å². The number of hydrogen-bond donors (Lipinski definition) is 0. The smallest absolute Gasteiger partial charge is 0.104 e. The molecule has 74 valence electrons. The van der Waals surface area contributed by atoms with E-state index in [1.165, 1.54) is 19.3 Å². The summed E-state index contributed by atoms with van der Waals surface area (Å²) < 4.78 is 12.0. The van der Waals surface area contributed by atoms with Gasteiger partial charge in [0.2, 0.25) is 0 Å². The van der Waals surface area contributed by atoms with Gasteiger partial charge in [-0.25, -0.2) is 0 Å². The second kappa shape index (κ2) is 3.35. The van der Waals surface area contributed by atoms with E-state index in [0.717, 1.165) is 29.0 Å². The Kier molecular flexibility index (Phi) is 2.30. The van der Waals surface area contributed by atoms with Crippen LogP contribution < -0.4 is 0 Å². The third-order valence-corrected chi connectivity index (χ3v) is 5.13. The summed E-state index contributed by atoms with van der Waals surface area (Å²) in [6, 6.07) is 0. The van der Waals surface area contributed by atoms with E-state index in [0.29, 0.717) is 12.2 Å². The summed E-state index contributed by atoms with van der Waals surface area (Å²) in [6.45, 7) is 1.77. The number of epoxide rings is 1. The average Bonchev–Trinajstić information content (AvgIpc) is 2.77. The fourth-order valence-corrected chi connectivity index (χ4v) is 3.99. The third-order valence-electron chi connectivity index (χ3n) is 3.60. The minimum atomic E-state index is 0.439. The van der Waals surface area contributed by atoms with Gasteiger partial charge in [0.1, 0.15) is 6.10 Å². The maximum absolute atomic E-state index is 5.88. The fraction of sp³-hybridized carbons (Fsp3) is 1.00. The van der Waals surface area contributed by atoms with Gasteiger partial charge in [0.15, 0.2) is 0 Å². The molecule has 0 N–H and O–H groups in total. The van der Waals surface area contributed by atoms with E-state index in [2.05, 4.69) is 22.6 Å². The summed E-state index contributed by atoms with van der Waals surface area (Å²) >= 11 is 2.61. The third kappa shape index (κ3) is 1.75. The number of rotatable bonds is 3. The van der Waals surface area contributed by atoms with Crippen molar-refractivity contribution >= 4 is 22.6 Å². The Balaban J connectivity index is 1.51. The highest BCUT2D eigenvalue weighted by Crippen LogP contribution is 2.49. The summed E-state index contributed by atoms with van der Waals surface area (Å²) in [5, 5.41) is 0. The van der Waals surface area contributed by atoms with Gasteiger partial charge in [0.05, 0.1) is 19.3 Å². The molecule has 13 heavy (non-hydrogen) atoms. The molecule has 1 aliphatic heterocycles. The lowest BCUT2D eigenvalue weighted by Crippen LogP contribution is -2.26. The Morgan fingerprint density at radius 3 is 2.62 bits per heavy atom. The molecule has 0 amide bonds. The van der Waals surface area contributed by atoms with Gasteiger partial charge >= 0.3 is 0 Å². The van der Waals surface area contributed by atoms with Crippen molar-refractivity contribution in [3.05, 3.63) is 0 Å². The van der Waals surface area contributed by atoms with Crippen LogP contribution in [0, 0.1) is 11.8 Å². The molecule has 5 atom stereocenters. The Bertz CT molecular complexity index is 203. The lowest BCUT2D eigenvalue weighted by molar-refractivity contribution is 0.0101. The van der Waals surface area contributed by atoms with Crippen LogP contribution in [-0.2, 0) is 9.47 Å². The molecule has 3 rings (SSSR count). The van der Waals surface area contributed by atoms with Gasteiger partial charge < -0.3 is 9.47 Å². The number of alkyl halides is 1. The first-order valence-electron chi connectivity index (χ1n) is 5.20. The predicted molar refractivity (Wildman–Crippen MR) is 58.1 cm³/mol. The number of fused-ring (bicyclic) bond motifs is 2. The van der Waals surface area contributed by atoms with Crippen molar-refractivity contribution in [3.63, 3.8) is 0 Å². The Morgan fingerprint density at radius 2 is 2.08 bits per heavy atom. The molecule has 0 aromatic heterocycles. The van der Waals surface area contributed by atoms with Gasteiger partial charge in [0, 0.05) is 3.92 Å². The molecule has 2 saturated carbocycles. The molecule has 2 nitrogen and oxygen atoms in total. The van der Waals surface area contributed by atoms with Gasteiger partial charge in [-0.1, -0.05) is 22.6 Å². The molecule has 5 unspecified atom stereocenters. The van der Waals surface area contributed by atoms with Gasteiger partial charge in [-0.15, -0.1) is 0 Å². The van der Waals surface area contributed by atoms with E-state index < -0.39 is 0 Å². The van der Waals surface area contributed by atoms with Gasteiger partial charge in [-0.3, -0.25) is 0 Å². The van der Waals surface area contributed by atoms with Crippen LogP contribution in [0.3, 0.4) is 0 Å². The quantitative estimate of drug-likeness (QED) is 0.451. The molecule has 3 aliphatic rings. The number of halogens is 1. The van der Waals surface area contributed by atoms with Crippen LogP contribution in [0.5, 0.6) is 0 Å². The van der Waals surface area contributed by atoms with Crippen LogP contribution in [-0.4, -0.2) is 29.3 Å². The molecular formula is C10H15IO2. The molecule has 1 heterocycles. The summed E-state index contributed by atoms with van der Waals surface area (Å²) in [7, 11) is 0. The predicted octanol–water partition coefficient (Wildman–Crippen LogP) is 2.00. The standard InChI is InChI=1S/C10H15IO2/c11-9-2-7-1-6(9)3-10(7)13-5-8-4-12-8/h6-10H,1-5H2. The molecular weight excluding hydrogens is 279 g/mol. The van der Waals surface area contributed by atoms with Crippen molar-refractivity contribution in [2.24, 2.45) is 11.8 Å². The maximum Gasteiger partial charge on any atom is 0.104 e. The fourth-order valence-electron chi connectivity index (χ4n) is 2.75. The highest BCUT2D eigenvalue weighted by atomic mass is 127. The molecule has 2 bridgehead atoms.